The highest BCUT2D eigenvalue weighted by Crippen LogP contribution is 2.29. The van der Waals surface area contributed by atoms with Gasteiger partial charge in [-0.1, -0.05) is 0 Å². The molecule has 5 rings (SSSR count). The number of aryl methyl sites for hydroxylation is 1. The van der Waals surface area contributed by atoms with Crippen LogP contribution in [0.25, 0.3) is 10.9 Å². The Morgan fingerprint density at radius 1 is 1.12 bits per heavy atom. The van der Waals surface area contributed by atoms with Crippen molar-refractivity contribution in [1.82, 2.24) is 15.0 Å². The van der Waals surface area contributed by atoms with Gasteiger partial charge < -0.3 is 25.2 Å². The second-order valence-electron chi connectivity index (χ2n) is 8.26. The highest BCUT2D eigenvalue weighted by Gasteiger charge is 2.31. The second kappa shape index (κ2) is 9.24. The van der Waals surface area contributed by atoms with Crippen LogP contribution in [0, 0.1) is 6.92 Å². The van der Waals surface area contributed by atoms with Crippen LogP contribution in [0.15, 0.2) is 59.3 Å². The predicted molar refractivity (Wildman–Crippen MR) is 133 cm³/mol. The number of rotatable bonds is 7. The number of aliphatic hydroxyl groups excluding tert-OH is 1. The molecule has 2 aromatic carbocycles. The van der Waals surface area contributed by atoms with E-state index in [1.54, 1.807) is 17.5 Å². The summed E-state index contributed by atoms with van der Waals surface area (Å²) in [5.74, 6) is 1.49. The minimum Gasteiger partial charge on any atom is -0.486 e. The lowest BCUT2D eigenvalue weighted by Crippen LogP contribution is -2.28. The number of hydrogen-bond donors (Lipinski definition) is 3. The Labute approximate surface area is 200 Å². The van der Waals surface area contributed by atoms with Crippen LogP contribution in [0.5, 0.6) is 5.75 Å². The van der Waals surface area contributed by atoms with E-state index in [1.807, 2.05) is 55.6 Å². The van der Waals surface area contributed by atoms with Gasteiger partial charge >= 0.3 is 0 Å². The molecule has 4 aromatic rings. The van der Waals surface area contributed by atoms with E-state index in [2.05, 4.69) is 30.6 Å². The Morgan fingerprint density at radius 2 is 1.97 bits per heavy atom. The standard InChI is InChI=1S/C24H24N6O3S/c1-15-9-16(4-6-20(15)32-11-21-25-7-8-34-21)28-22-18-10-17(3-5-19(18)26-14-27-22)29-23-30-24(2,12-31)13-33-23/h3-10,14,31H,11-13H2,1-2H3,(H,29,30)(H,26,27,28). The zero-order valence-corrected chi connectivity index (χ0v) is 19.6. The number of thiazole rings is 1. The quantitative estimate of drug-likeness (QED) is 0.362. The summed E-state index contributed by atoms with van der Waals surface area (Å²) < 4.78 is 11.5. The molecule has 0 radical (unpaired) electrons. The third-order valence-electron chi connectivity index (χ3n) is 5.39. The van der Waals surface area contributed by atoms with Crippen LogP contribution in [-0.4, -0.2) is 44.8 Å². The van der Waals surface area contributed by atoms with Crippen molar-refractivity contribution >= 4 is 45.5 Å². The van der Waals surface area contributed by atoms with Gasteiger partial charge in [0.15, 0.2) is 0 Å². The van der Waals surface area contributed by atoms with Gasteiger partial charge in [0.25, 0.3) is 6.02 Å². The summed E-state index contributed by atoms with van der Waals surface area (Å²) in [5.41, 5.74) is 2.86. The van der Waals surface area contributed by atoms with Crippen molar-refractivity contribution < 1.29 is 14.6 Å². The van der Waals surface area contributed by atoms with Gasteiger partial charge in [-0.3, -0.25) is 0 Å². The minimum atomic E-state index is -0.622. The average Bonchev–Trinajstić information content (AvgIpc) is 3.49. The van der Waals surface area contributed by atoms with E-state index >= 15 is 0 Å². The molecule has 0 saturated heterocycles. The van der Waals surface area contributed by atoms with E-state index in [4.69, 9.17) is 9.47 Å². The molecule has 0 bridgehead atoms. The summed E-state index contributed by atoms with van der Waals surface area (Å²) in [5, 5.41) is 19.8. The Hall–Kier alpha value is -3.76. The third kappa shape index (κ3) is 4.78. The molecule has 1 aliphatic heterocycles. The number of hydrogen-bond acceptors (Lipinski definition) is 10. The topological polar surface area (TPSA) is 114 Å². The number of nitrogens with one attached hydrogen (secondary N) is 2. The zero-order valence-electron chi connectivity index (χ0n) is 18.8. The molecule has 10 heteroatoms. The molecule has 1 atom stereocenters. The second-order valence-corrected chi connectivity index (χ2v) is 9.24. The first kappa shape index (κ1) is 22.1. The van der Waals surface area contributed by atoms with Gasteiger partial charge in [0.2, 0.25) is 0 Å². The van der Waals surface area contributed by atoms with E-state index in [0.717, 1.165) is 38.6 Å². The number of aliphatic imine (C=N–C) groups is 1. The predicted octanol–water partition coefficient (Wildman–Crippen LogP) is 4.27. The Bertz CT molecular complexity index is 1340. The van der Waals surface area contributed by atoms with E-state index in [-0.39, 0.29) is 6.61 Å². The van der Waals surface area contributed by atoms with Gasteiger partial charge in [-0.15, -0.1) is 11.3 Å². The molecule has 0 fully saturated rings. The van der Waals surface area contributed by atoms with Gasteiger partial charge in [0.1, 0.15) is 41.7 Å². The maximum atomic E-state index is 9.49. The molecule has 1 unspecified atom stereocenters. The van der Waals surface area contributed by atoms with E-state index in [1.165, 1.54) is 6.33 Å². The highest BCUT2D eigenvalue weighted by molar-refractivity contribution is 7.09. The third-order valence-corrected chi connectivity index (χ3v) is 6.14. The smallest absolute Gasteiger partial charge is 0.290 e. The molecule has 3 N–H and O–H groups in total. The number of nitrogens with zero attached hydrogens (tertiary/aromatic N) is 4. The van der Waals surface area contributed by atoms with Gasteiger partial charge in [0, 0.05) is 28.3 Å². The first-order chi connectivity index (χ1) is 16.5. The summed E-state index contributed by atoms with van der Waals surface area (Å²) in [6, 6.07) is 12.0. The maximum absolute atomic E-state index is 9.49. The first-order valence-electron chi connectivity index (χ1n) is 10.8. The van der Waals surface area contributed by atoms with Crippen LogP contribution >= 0.6 is 11.3 Å². The van der Waals surface area contributed by atoms with E-state index in [9.17, 15) is 5.11 Å². The van der Waals surface area contributed by atoms with Crippen molar-refractivity contribution in [2.24, 2.45) is 4.99 Å². The molecular formula is C24H24N6O3S. The Kier molecular flexibility index (Phi) is 5.99. The van der Waals surface area contributed by atoms with Crippen LogP contribution in [0.3, 0.4) is 0 Å². The van der Waals surface area contributed by atoms with Gasteiger partial charge in [-0.25, -0.2) is 19.9 Å². The van der Waals surface area contributed by atoms with Crippen molar-refractivity contribution in [1.29, 1.82) is 0 Å². The summed E-state index contributed by atoms with van der Waals surface area (Å²) in [6.45, 7) is 4.55. The van der Waals surface area contributed by atoms with Crippen LogP contribution in [0.1, 0.15) is 17.5 Å². The monoisotopic (exact) mass is 476 g/mol. The Balaban J connectivity index is 1.35. The number of ether oxygens (including phenoxy) is 2. The van der Waals surface area contributed by atoms with Crippen molar-refractivity contribution in [3.8, 4) is 5.75 Å². The molecule has 0 amide bonds. The normalized spacial score (nSPS) is 17.3. The van der Waals surface area contributed by atoms with Crippen LogP contribution in [-0.2, 0) is 11.3 Å². The molecule has 34 heavy (non-hydrogen) atoms. The summed E-state index contributed by atoms with van der Waals surface area (Å²) >= 11 is 1.57. The van der Waals surface area contributed by atoms with Crippen LogP contribution < -0.4 is 15.4 Å². The summed E-state index contributed by atoms with van der Waals surface area (Å²) in [6.07, 6.45) is 3.31. The molecular weight excluding hydrogens is 452 g/mol. The Morgan fingerprint density at radius 3 is 2.74 bits per heavy atom. The maximum Gasteiger partial charge on any atom is 0.290 e. The highest BCUT2D eigenvalue weighted by atomic mass is 32.1. The average molecular weight is 477 g/mol. The van der Waals surface area contributed by atoms with Crippen molar-refractivity contribution in [2.45, 2.75) is 26.0 Å². The lowest BCUT2D eigenvalue weighted by molar-refractivity contribution is 0.170. The fraction of sp³-hybridized carbons (Fsp3) is 0.250. The lowest BCUT2D eigenvalue weighted by atomic mass is 10.1. The van der Waals surface area contributed by atoms with Gasteiger partial charge in [-0.05, 0) is 55.8 Å². The van der Waals surface area contributed by atoms with Crippen molar-refractivity contribution in [2.75, 3.05) is 23.8 Å². The number of benzene rings is 2. The van der Waals surface area contributed by atoms with Crippen molar-refractivity contribution in [3.05, 3.63) is 64.9 Å². The van der Waals surface area contributed by atoms with Crippen LogP contribution in [0.4, 0.5) is 17.2 Å². The number of aromatic nitrogens is 3. The molecule has 174 valence electrons. The van der Waals surface area contributed by atoms with E-state index < -0.39 is 5.54 Å². The lowest BCUT2D eigenvalue weighted by Gasteiger charge is -2.13. The number of aliphatic hydroxyl groups is 1. The number of amidine groups is 1. The SMILES string of the molecule is Cc1cc(Nc2ncnc3ccc(NC4=NC(C)(CO)CO4)cc23)ccc1OCc1nccs1. The largest absolute Gasteiger partial charge is 0.486 e. The first-order valence-corrected chi connectivity index (χ1v) is 11.6. The molecule has 0 saturated carbocycles. The number of fused-ring (bicyclic) bond motifs is 1. The van der Waals surface area contributed by atoms with Gasteiger partial charge in [0.05, 0.1) is 12.1 Å². The molecule has 1 aliphatic rings. The van der Waals surface area contributed by atoms with Gasteiger partial charge in [-0.2, -0.15) is 0 Å². The molecule has 3 heterocycles. The molecule has 2 aromatic heterocycles. The number of anilines is 3. The molecule has 0 aliphatic carbocycles. The molecule has 0 spiro atoms. The fourth-order valence-corrected chi connectivity index (χ4v) is 4.05. The minimum absolute atomic E-state index is 0.0774. The van der Waals surface area contributed by atoms with E-state index in [0.29, 0.717) is 25.1 Å². The van der Waals surface area contributed by atoms with Crippen LogP contribution in [0.2, 0.25) is 0 Å². The molecule has 9 nitrogen and oxygen atoms in total. The summed E-state index contributed by atoms with van der Waals surface area (Å²) in [7, 11) is 0. The van der Waals surface area contributed by atoms with Crippen molar-refractivity contribution in [3.63, 3.8) is 0 Å². The summed E-state index contributed by atoms with van der Waals surface area (Å²) in [4.78, 5) is 17.5. The fourth-order valence-electron chi connectivity index (χ4n) is 3.53. The zero-order chi connectivity index (χ0) is 23.5.